The van der Waals surface area contributed by atoms with E-state index in [0.29, 0.717) is 13.1 Å². The number of rotatable bonds is 1. The van der Waals surface area contributed by atoms with Crippen LogP contribution in [0.25, 0.3) is 5.57 Å². The monoisotopic (exact) mass is 276 g/mol. The largest absolute Gasteiger partial charge is 0.444 e. The maximum Gasteiger partial charge on any atom is 0.410 e. The fraction of sp³-hybridized carbons (Fsp3) is 0.467. The van der Waals surface area contributed by atoms with E-state index >= 15 is 0 Å². The molecule has 1 aliphatic rings. The molecule has 5 heteroatoms. The van der Waals surface area contributed by atoms with Crippen LogP contribution in [0.4, 0.5) is 4.79 Å². The van der Waals surface area contributed by atoms with Crippen molar-refractivity contribution in [1.29, 1.82) is 0 Å². The number of nitrogens with one attached hydrogen (secondary N) is 1. The van der Waals surface area contributed by atoms with E-state index in [0.717, 1.165) is 17.6 Å². The number of carbonyl (C=O) groups is 1. The van der Waals surface area contributed by atoms with Gasteiger partial charge in [0.1, 0.15) is 5.60 Å². The van der Waals surface area contributed by atoms with E-state index in [9.17, 15) is 9.59 Å². The maximum absolute atomic E-state index is 11.9. The Bertz CT molecular complexity index is 581. The van der Waals surface area contributed by atoms with Gasteiger partial charge in [-0.1, -0.05) is 6.08 Å². The van der Waals surface area contributed by atoms with E-state index in [1.807, 2.05) is 32.9 Å². The van der Waals surface area contributed by atoms with Gasteiger partial charge in [0.05, 0.1) is 0 Å². The second-order valence-corrected chi connectivity index (χ2v) is 5.85. The van der Waals surface area contributed by atoms with Crippen molar-refractivity contribution in [3.8, 4) is 0 Å². The summed E-state index contributed by atoms with van der Waals surface area (Å²) in [5.41, 5.74) is 1.42. The molecule has 0 spiro atoms. The lowest BCUT2D eigenvalue weighted by molar-refractivity contribution is 0.0270. The molecule has 1 N–H and O–H groups in total. The highest BCUT2D eigenvalue weighted by molar-refractivity contribution is 5.72. The first kappa shape index (κ1) is 14.4. The van der Waals surface area contributed by atoms with Crippen LogP contribution >= 0.6 is 0 Å². The van der Waals surface area contributed by atoms with Gasteiger partial charge in [-0.15, -0.1) is 0 Å². The minimum atomic E-state index is -0.478. The number of carbonyl (C=O) groups excluding carboxylic acids is 1. The van der Waals surface area contributed by atoms with Crippen molar-refractivity contribution in [1.82, 2.24) is 9.88 Å². The number of hydrogen-bond acceptors (Lipinski definition) is 3. The van der Waals surface area contributed by atoms with Gasteiger partial charge in [-0.2, -0.15) is 0 Å². The summed E-state index contributed by atoms with van der Waals surface area (Å²) in [5, 5.41) is 0. The third kappa shape index (κ3) is 3.73. The van der Waals surface area contributed by atoms with Gasteiger partial charge in [0.15, 0.2) is 0 Å². The average molecular weight is 276 g/mol. The predicted octanol–water partition coefficient (Wildman–Crippen LogP) is 2.40. The molecule has 0 saturated heterocycles. The first-order valence-corrected chi connectivity index (χ1v) is 6.71. The highest BCUT2D eigenvalue weighted by atomic mass is 16.6. The average Bonchev–Trinajstić information content (AvgIpc) is 2.37. The van der Waals surface area contributed by atoms with Crippen molar-refractivity contribution in [2.45, 2.75) is 32.8 Å². The van der Waals surface area contributed by atoms with E-state index in [4.69, 9.17) is 4.74 Å². The van der Waals surface area contributed by atoms with Gasteiger partial charge in [-0.3, -0.25) is 4.79 Å². The molecule has 0 bridgehead atoms. The summed E-state index contributed by atoms with van der Waals surface area (Å²) >= 11 is 0. The molecule has 20 heavy (non-hydrogen) atoms. The zero-order valence-electron chi connectivity index (χ0n) is 12.1. The lowest BCUT2D eigenvalue weighted by Gasteiger charge is -2.29. The molecule has 0 fully saturated rings. The molecule has 108 valence electrons. The van der Waals surface area contributed by atoms with Crippen LogP contribution in [0.5, 0.6) is 0 Å². The molecule has 1 aromatic rings. The summed E-state index contributed by atoms with van der Waals surface area (Å²) < 4.78 is 5.34. The van der Waals surface area contributed by atoms with Gasteiger partial charge in [-0.25, -0.2) is 4.79 Å². The van der Waals surface area contributed by atoms with Gasteiger partial charge >= 0.3 is 6.09 Å². The highest BCUT2D eigenvalue weighted by Crippen LogP contribution is 2.22. The topological polar surface area (TPSA) is 62.4 Å². The molecule has 1 aliphatic heterocycles. The standard InChI is InChI=1S/C15H20N2O3/c1-15(2,3)20-14(19)17-8-5-11(6-9-17)12-4-7-16-13(18)10-12/h4-5,7,10H,6,8-9H2,1-3H3,(H,16,18). The van der Waals surface area contributed by atoms with Crippen molar-refractivity contribution >= 4 is 11.7 Å². The minimum absolute atomic E-state index is 0.113. The van der Waals surface area contributed by atoms with Gasteiger partial charge in [0.25, 0.3) is 0 Å². The third-order valence-corrected chi connectivity index (χ3v) is 3.01. The molecule has 0 radical (unpaired) electrons. The number of amides is 1. The fourth-order valence-electron chi connectivity index (χ4n) is 2.07. The summed E-state index contributed by atoms with van der Waals surface area (Å²) in [5.74, 6) is 0. The Hall–Kier alpha value is -2.04. The van der Waals surface area contributed by atoms with Crippen molar-refractivity contribution < 1.29 is 9.53 Å². The molecule has 5 nitrogen and oxygen atoms in total. The molecule has 0 atom stereocenters. The molecule has 0 saturated carbocycles. The fourth-order valence-corrected chi connectivity index (χ4v) is 2.07. The van der Waals surface area contributed by atoms with Crippen LogP contribution in [0, 0.1) is 0 Å². The zero-order valence-corrected chi connectivity index (χ0v) is 12.1. The smallest absolute Gasteiger partial charge is 0.410 e. The van der Waals surface area contributed by atoms with Crippen molar-refractivity contribution in [2.75, 3.05) is 13.1 Å². The van der Waals surface area contributed by atoms with E-state index in [1.165, 1.54) is 0 Å². The molecule has 1 amide bonds. The maximum atomic E-state index is 11.9. The molecular formula is C15H20N2O3. The number of hydrogen-bond donors (Lipinski definition) is 1. The van der Waals surface area contributed by atoms with Crippen LogP contribution in [-0.2, 0) is 4.74 Å². The van der Waals surface area contributed by atoms with Crippen LogP contribution in [0.3, 0.4) is 0 Å². The first-order valence-electron chi connectivity index (χ1n) is 6.71. The Morgan fingerprint density at radius 1 is 1.40 bits per heavy atom. The second-order valence-electron chi connectivity index (χ2n) is 5.85. The summed E-state index contributed by atoms with van der Waals surface area (Å²) in [4.78, 5) is 27.5. The van der Waals surface area contributed by atoms with Crippen LogP contribution in [0.1, 0.15) is 32.8 Å². The Kier molecular flexibility index (Phi) is 3.97. The van der Waals surface area contributed by atoms with Crippen LogP contribution in [0.2, 0.25) is 0 Å². The number of aromatic nitrogens is 1. The molecule has 2 heterocycles. The molecule has 1 aromatic heterocycles. The number of nitrogens with zero attached hydrogens (tertiary/aromatic N) is 1. The van der Waals surface area contributed by atoms with Crippen molar-refractivity contribution in [3.05, 3.63) is 40.3 Å². The molecular weight excluding hydrogens is 256 g/mol. The van der Waals surface area contributed by atoms with E-state index in [-0.39, 0.29) is 11.7 Å². The second kappa shape index (κ2) is 5.53. The predicted molar refractivity (Wildman–Crippen MR) is 77.5 cm³/mol. The molecule has 2 rings (SSSR count). The van der Waals surface area contributed by atoms with Crippen molar-refractivity contribution in [3.63, 3.8) is 0 Å². The number of H-pyrrole nitrogens is 1. The first-order chi connectivity index (χ1) is 9.35. The van der Waals surface area contributed by atoms with Gasteiger partial charge < -0.3 is 14.6 Å². The normalized spacial score (nSPS) is 15.8. The Morgan fingerprint density at radius 2 is 2.15 bits per heavy atom. The SMILES string of the molecule is CC(C)(C)OC(=O)N1CC=C(c2cc[nH]c(=O)c2)CC1. The van der Waals surface area contributed by atoms with E-state index in [1.54, 1.807) is 17.2 Å². The van der Waals surface area contributed by atoms with E-state index < -0.39 is 5.60 Å². The molecule has 0 unspecified atom stereocenters. The van der Waals surface area contributed by atoms with Crippen molar-refractivity contribution in [2.24, 2.45) is 0 Å². The summed E-state index contributed by atoms with van der Waals surface area (Å²) in [6.07, 6.45) is 4.04. The van der Waals surface area contributed by atoms with Crippen LogP contribution < -0.4 is 5.56 Å². The van der Waals surface area contributed by atoms with Gasteiger partial charge in [0.2, 0.25) is 5.56 Å². The Balaban J connectivity index is 2.04. The lowest BCUT2D eigenvalue weighted by Crippen LogP contribution is -2.39. The van der Waals surface area contributed by atoms with Gasteiger partial charge in [-0.05, 0) is 44.4 Å². The molecule has 0 aliphatic carbocycles. The summed E-state index contributed by atoms with van der Waals surface area (Å²) in [7, 11) is 0. The zero-order chi connectivity index (χ0) is 14.8. The highest BCUT2D eigenvalue weighted by Gasteiger charge is 2.23. The number of pyridine rings is 1. The van der Waals surface area contributed by atoms with Crippen LogP contribution in [0.15, 0.2) is 29.2 Å². The quantitative estimate of drug-likeness (QED) is 0.856. The van der Waals surface area contributed by atoms with Crippen LogP contribution in [-0.4, -0.2) is 34.7 Å². The minimum Gasteiger partial charge on any atom is -0.444 e. The number of aromatic amines is 1. The Labute approximate surface area is 118 Å². The summed E-state index contributed by atoms with van der Waals surface area (Å²) in [6.45, 7) is 6.68. The molecule has 0 aromatic carbocycles. The third-order valence-electron chi connectivity index (χ3n) is 3.01. The summed E-state index contributed by atoms with van der Waals surface area (Å²) in [6, 6.07) is 3.45. The number of ether oxygens (including phenoxy) is 1. The lowest BCUT2D eigenvalue weighted by atomic mass is 10.0. The van der Waals surface area contributed by atoms with Gasteiger partial charge in [0, 0.05) is 25.4 Å². The van der Waals surface area contributed by atoms with E-state index in [2.05, 4.69) is 4.98 Å². The Morgan fingerprint density at radius 3 is 2.70 bits per heavy atom.